The normalized spacial score (nSPS) is 17.3. The van der Waals surface area contributed by atoms with Crippen LogP contribution < -0.4 is 5.32 Å². The number of carbonyl (C=O) groups excluding carboxylic acids is 1. The second-order valence-electron chi connectivity index (χ2n) is 6.88. The Morgan fingerprint density at radius 3 is 3.00 bits per heavy atom. The molecule has 3 heterocycles. The fourth-order valence-electron chi connectivity index (χ4n) is 3.60. The van der Waals surface area contributed by atoms with Gasteiger partial charge in [-0.25, -0.2) is 4.98 Å². The molecule has 0 bridgehead atoms. The van der Waals surface area contributed by atoms with Crippen LogP contribution in [-0.2, 0) is 11.2 Å². The van der Waals surface area contributed by atoms with Gasteiger partial charge in [0.05, 0.1) is 21.3 Å². The minimum absolute atomic E-state index is 0.0872. The molecule has 1 amide bonds. The fraction of sp³-hybridized carbons (Fsp3) is 0.381. The Hall–Kier alpha value is -2.31. The van der Waals surface area contributed by atoms with Gasteiger partial charge in [0.15, 0.2) is 0 Å². The molecule has 3 aromatic rings. The molecule has 4 rings (SSSR count). The van der Waals surface area contributed by atoms with E-state index in [1.54, 1.807) is 17.5 Å². The molecule has 1 fully saturated rings. The van der Waals surface area contributed by atoms with Gasteiger partial charge < -0.3 is 10.2 Å². The number of fused-ring (bicyclic) bond motifs is 1. The molecule has 140 valence electrons. The summed E-state index contributed by atoms with van der Waals surface area (Å²) in [6.45, 7) is 2.41. The first-order chi connectivity index (χ1) is 13.3. The van der Waals surface area contributed by atoms with Crippen LogP contribution in [0.2, 0.25) is 0 Å². The van der Waals surface area contributed by atoms with Crippen LogP contribution in [0.1, 0.15) is 35.9 Å². The first-order valence-corrected chi connectivity index (χ1v) is 10.4. The van der Waals surface area contributed by atoms with Crippen LogP contribution in [0.25, 0.3) is 10.2 Å². The number of hydrogen-bond acceptors (Lipinski definition) is 5. The minimum Gasteiger partial charge on any atom is -0.333 e. The van der Waals surface area contributed by atoms with Crippen LogP contribution in [0, 0.1) is 0 Å². The largest absolute Gasteiger partial charge is 0.333 e. The van der Waals surface area contributed by atoms with Crippen LogP contribution in [0.15, 0.2) is 48.8 Å². The van der Waals surface area contributed by atoms with Crippen molar-refractivity contribution < 1.29 is 4.79 Å². The molecule has 1 aliphatic rings. The number of nitrogens with zero attached hydrogens (tertiary/aromatic N) is 3. The van der Waals surface area contributed by atoms with Gasteiger partial charge in [-0.15, -0.1) is 11.3 Å². The quantitative estimate of drug-likeness (QED) is 0.664. The van der Waals surface area contributed by atoms with Gasteiger partial charge in [-0.1, -0.05) is 18.2 Å². The lowest BCUT2D eigenvalue weighted by molar-refractivity contribution is -0.134. The van der Waals surface area contributed by atoms with Crippen LogP contribution in [0.5, 0.6) is 0 Å². The number of piperazine rings is 1. The van der Waals surface area contributed by atoms with Crippen molar-refractivity contribution in [2.24, 2.45) is 0 Å². The lowest BCUT2D eigenvalue weighted by Crippen LogP contribution is -2.48. The molecule has 2 aromatic heterocycles. The summed E-state index contributed by atoms with van der Waals surface area (Å²) in [5.41, 5.74) is 2.18. The Morgan fingerprint density at radius 1 is 1.22 bits per heavy atom. The van der Waals surface area contributed by atoms with E-state index in [-0.39, 0.29) is 11.9 Å². The molecule has 1 saturated heterocycles. The van der Waals surface area contributed by atoms with Crippen molar-refractivity contribution in [3.8, 4) is 0 Å². The predicted molar refractivity (Wildman–Crippen MR) is 109 cm³/mol. The number of thiazole rings is 1. The van der Waals surface area contributed by atoms with E-state index < -0.39 is 0 Å². The third kappa shape index (κ3) is 4.34. The number of hydrogen-bond donors (Lipinski definition) is 1. The van der Waals surface area contributed by atoms with E-state index in [1.807, 2.05) is 23.2 Å². The number of rotatable bonds is 6. The molecule has 0 saturated carbocycles. The zero-order valence-electron chi connectivity index (χ0n) is 15.3. The number of benzene rings is 1. The third-order valence-corrected chi connectivity index (χ3v) is 6.10. The Bertz CT molecular complexity index is 862. The van der Waals surface area contributed by atoms with Crippen molar-refractivity contribution in [3.63, 3.8) is 0 Å². The molecule has 1 unspecified atom stereocenters. The Kier molecular flexibility index (Phi) is 5.75. The molecule has 0 spiro atoms. The molecule has 0 radical (unpaired) electrons. The highest BCUT2D eigenvalue weighted by Gasteiger charge is 2.27. The molecule has 0 aliphatic carbocycles. The highest BCUT2D eigenvalue weighted by Crippen LogP contribution is 2.24. The molecule has 1 atom stereocenters. The van der Waals surface area contributed by atoms with Crippen molar-refractivity contribution in [2.75, 3.05) is 19.6 Å². The molecule has 1 aliphatic heterocycles. The fourth-order valence-corrected chi connectivity index (χ4v) is 4.61. The lowest BCUT2D eigenvalue weighted by Gasteiger charge is -2.36. The highest BCUT2D eigenvalue weighted by atomic mass is 32.1. The maximum Gasteiger partial charge on any atom is 0.223 e. The van der Waals surface area contributed by atoms with Crippen molar-refractivity contribution in [2.45, 2.75) is 31.7 Å². The van der Waals surface area contributed by atoms with Crippen LogP contribution >= 0.6 is 11.3 Å². The maximum atomic E-state index is 12.8. The molecule has 1 N–H and O–H groups in total. The van der Waals surface area contributed by atoms with Crippen LogP contribution in [0.4, 0.5) is 0 Å². The molecular formula is C21H24N4OS. The van der Waals surface area contributed by atoms with Crippen molar-refractivity contribution in [3.05, 3.63) is 59.4 Å². The Labute approximate surface area is 163 Å². The average Bonchev–Trinajstić information content (AvgIpc) is 3.14. The predicted octanol–water partition coefficient (Wildman–Crippen LogP) is 3.58. The summed E-state index contributed by atoms with van der Waals surface area (Å²) < 4.78 is 1.24. The van der Waals surface area contributed by atoms with E-state index in [0.29, 0.717) is 6.42 Å². The SMILES string of the molecule is O=C(CCCCc1nc2ccccc2s1)N1CCNCC1c1cccnc1. The summed E-state index contributed by atoms with van der Waals surface area (Å²) in [6, 6.07) is 12.3. The number of para-hydroxylation sites is 1. The second-order valence-corrected chi connectivity index (χ2v) is 7.99. The smallest absolute Gasteiger partial charge is 0.223 e. The monoisotopic (exact) mass is 380 g/mol. The number of pyridine rings is 1. The number of aryl methyl sites for hydroxylation is 1. The topological polar surface area (TPSA) is 58.1 Å². The number of amides is 1. The lowest BCUT2D eigenvalue weighted by atomic mass is 10.0. The van der Waals surface area contributed by atoms with Gasteiger partial charge in [0.1, 0.15) is 0 Å². The van der Waals surface area contributed by atoms with E-state index >= 15 is 0 Å². The maximum absolute atomic E-state index is 12.8. The standard InChI is InChI=1S/C21H24N4OS/c26-21(25-13-12-23-15-18(25)16-6-5-11-22-14-16)10-4-3-9-20-24-17-7-1-2-8-19(17)27-20/h1-2,5-8,11,14,18,23H,3-4,9-10,12-13,15H2. The summed E-state index contributed by atoms with van der Waals surface area (Å²) in [5, 5.41) is 4.56. The summed E-state index contributed by atoms with van der Waals surface area (Å²) in [6.07, 6.45) is 7.08. The van der Waals surface area contributed by atoms with Crippen LogP contribution in [-0.4, -0.2) is 40.4 Å². The van der Waals surface area contributed by atoms with Gasteiger partial charge in [-0.3, -0.25) is 9.78 Å². The van der Waals surface area contributed by atoms with Crippen molar-refractivity contribution in [1.82, 2.24) is 20.2 Å². The molecule has 27 heavy (non-hydrogen) atoms. The van der Waals surface area contributed by atoms with E-state index in [4.69, 9.17) is 0 Å². The zero-order chi connectivity index (χ0) is 18.5. The first kappa shape index (κ1) is 18.1. The van der Waals surface area contributed by atoms with Gasteiger partial charge in [0.25, 0.3) is 0 Å². The van der Waals surface area contributed by atoms with Gasteiger partial charge >= 0.3 is 0 Å². The summed E-state index contributed by atoms with van der Waals surface area (Å²) in [7, 11) is 0. The summed E-state index contributed by atoms with van der Waals surface area (Å²) in [5.74, 6) is 0.245. The molecule has 6 heteroatoms. The molecular weight excluding hydrogens is 356 g/mol. The van der Waals surface area contributed by atoms with E-state index in [9.17, 15) is 4.79 Å². The Balaban J connectivity index is 1.30. The molecule has 5 nitrogen and oxygen atoms in total. The third-order valence-electron chi connectivity index (χ3n) is 5.00. The van der Waals surface area contributed by atoms with Gasteiger partial charge in [0, 0.05) is 38.4 Å². The van der Waals surface area contributed by atoms with Crippen molar-refractivity contribution >= 4 is 27.5 Å². The van der Waals surface area contributed by atoms with E-state index in [2.05, 4.69) is 39.6 Å². The zero-order valence-corrected chi connectivity index (χ0v) is 16.1. The number of nitrogens with one attached hydrogen (secondary N) is 1. The number of aromatic nitrogens is 2. The average molecular weight is 381 g/mol. The highest BCUT2D eigenvalue weighted by molar-refractivity contribution is 7.18. The molecule has 1 aromatic carbocycles. The van der Waals surface area contributed by atoms with Gasteiger partial charge in [-0.2, -0.15) is 0 Å². The summed E-state index contributed by atoms with van der Waals surface area (Å²) in [4.78, 5) is 23.7. The number of unbranched alkanes of at least 4 members (excludes halogenated alkanes) is 1. The van der Waals surface area contributed by atoms with Crippen LogP contribution in [0.3, 0.4) is 0 Å². The van der Waals surface area contributed by atoms with Crippen molar-refractivity contribution in [1.29, 1.82) is 0 Å². The Morgan fingerprint density at radius 2 is 2.15 bits per heavy atom. The summed E-state index contributed by atoms with van der Waals surface area (Å²) >= 11 is 1.76. The van der Waals surface area contributed by atoms with E-state index in [0.717, 1.165) is 50.0 Å². The number of carbonyl (C=O) groups is 1. The van der Waals surface area contributed by atoms with Gasteiger partial charge in [0.2, 0.25) is 5.91 Å². The first-order valence-electron chi connectivity index (χ1n) is 9.56. The second kappa shape index (κ2) is 8.59. The minimum atomic E-state index is 0.0872. The van der Waals surface area contributed by atoms with Gasteiger partial charge in [-0.05, 0) is 43.0 Å². The van der Waals surface area contributed by atoms with E-state index in [1.165, 1.54) is 9.71 Å².